The van der Waals surface area contributed by atoms with Crippen molar-refractivity contribution in [3.63, 3.8) is 0 Å². The van der Waals surface area contributed by atoms with Gasteiger partial charge in [-0.3, -0.25) is 4.90 Å². The van der Waals surface area contributed by atoms with Gasteiger partial charge in [0.1, 0.15) is 5.82 Å². The molecule has 2 heterocycles. The van der Waals surface area contributed by atoms with Crippen LogP contribution in [0.3, 0.4) is 0 Å². The Labute approximate surface area is 138 Å². The normalized spacial score (nSPS) is 17.5. The third kappa shape index (κ3) is 3.71. The van der Waals surface area contributed by atoms with E-state index >= 15 is 0 Å². The predicted octanol–water partition coefficient (Wildman–Crippen LogP) is 2.66. The number of benzene rings is 1. The van der Waals surface area contributed by atoms with Crippen LogP contribution >= 0.6 is 0 Å². The number of anilines is 1. The van der Waals surface area contributed by atoms with Gasteiger partial charge >= 0.3 is 0 Å². The van der Waals surface area contributed by atoms with Crippen molar-refractivity contribution < 1.29 is 0 Å². The second kappa shape index (κ2) is 7.11. The summed E-state index contributed by atoms with van der Waals surface area (Å²) in [7, 11) is 0. The number of hydrogen-bond acceptors (Lipinski definition) is 4. The zero-order valence-corrected chi connectivity index (χ0v) is 14.0. The average Bonchev–Trinajstić information content (AvgIpc) is 2.62. The first-order valence-corrected chi connectivity index (χ1v) is 8.40. The summed E-state index contributed by atoms with van der Waals surface area (Å²) < 4.78 is 0. The van der Waals surface area contributed by atoms with E-state index in [2.05, 4.69) is 52.9 Å². The van der Waals surface area contributed by atoms with Gasteiger partial charge in [0, 0.05) is 38.4 Å². The molecule has 0 bridgehead atoms. The van der Waals surface area contributed by atoms with E-state index in [-0.39, 0.29) is 6.04 Å². The Morgan fingerprint density at radius 2 is 1.61 bits per heavy atom. The topological polar surface area (TPSA) is 45.4 Å². The van der Waals surface area contributed by atoms with Gasteiger partial charge in [0.15, 0.2) is 0 Å². The highest BCUT2D eigenvalue weighted by molar-refractivity contribution is 5.42. The Bertz CT molecular complexity index is 601. The van der Waals surface area contributed by atoms with E-state index in [1.807, 2.05) is 24.4 Å². The van der Waals surface area contributed by atoms with E-state index in [0.29, 0.717) is 6.04 Å². The molecule has 1 atom stereocenters. The van der Waals surface area contributed by atoms with E-state index in [1.54, 1.807) is 0 Å². The van der Waals surface area contributed by atoms with E-state index < -0.39 is 0 Å². The summed E-state index contributed by atoms with van der Waals surface area (Å²) in [6.45, 7) is 8.79. The Kier molecular flexibility index (Phi) is 4.94. The molecule has 4 heteroatoms. The summed E-state index contributed by atoms with van der Waals surface area (Å²) in [5, 5.41) is 0. The second-order valence-electron chi connectivity index (χ2n) is 6.45. The molecule has 1 saturated heterocycles. The summed E-state index contributed by atoms with van der Waals surface area (Å²) in [5.74, 6) is 1.05. The smallest absolute Gasteiger partial charge is 0.128 e. The highest BCUT2D eigenvalue weighted by Gasteiger charge is 2.19. The predicted molar refractivity (Wildman–Crippen MR) is 95.6 cm³/mol. The van der Waals surface area contributed by atoms with Crippen LogP contribution in [-0.4, -0.2) is 42.1 Å². The fraction of sp³-hybridized carbons (Fsp3) is 0.421. The van der Waals surface area contributed by atoms with Crippen LogP contribution in [0.4, 0.5) is 5.82 Å². The van der Waals surface area contributed by atoms with Gasteiger partial charge in [-0.1, -0.05) is 36.4 Å². The van der Waals surface area contributed by atoms with Crippen molar-refractivity contribution in [1.29, 1.82) is 0 Å². The number of aromatic nitrogens is 1. The van der Waals surface area contributed by atoms with Crippen LogP contribution in [0, 0.1) is 0 Å². The summed E-state index contributed by atoms with van der Waals surface area (Å²) in [6, 6.07) is 14.9. The van der Waals surface area contributed by atoms with Gasteiger partial charge in [-0.15, -0.1) is 0 Å². The van der Waals surface area contributed by atoms with Crippen LogP contribution < -0.4 is 10.6 Å². The summed E-state index contributed by atoms with van der Waals surface area (Å²) >= 11 is 0. The Balaban J connectivity index is 1.66. The quantitative estimate of drug-likeness (QED) is 0.943. The number of pyridine rings is 1. The van der Waals surface area contributed by atoms with Gasteiger partial charge in [-0.2, -0.15) is 0 Å². The number of rotatable bonds is 4. The van der Waals surface area contributed by atoms with Crippen molar-refractivity contribution in [3.8, 4) is 0 Å². The van der Waals surface area contributed by atoms with Crippen LogP contribution in [0.15, 0.2) is 48.7 Å². The molecule has 0 aliphatic carbocycles. The molecule has 1 aromatic heterocycles. The molecule has 2 N–H and O–H groups in total. The van der Waals surface area contributed by atoms with Crippen molar-refractivity contribution in [1.82, 2.24) is 9.88 Å². The minimum absolute atomic E-state index is 0.115. The molecule has 0 saturated carbocycles. The first kappa shape index (κ1) is 16.0. The molecule has 23 heavy (non-hydrogen) atoms. The van der Waals surface area contributed by atoms with Gasteiger partial charge in [0.25, 0.3) is 0 Å². The fourth-order valence-electron chi connectivity index (χ4n) is 3.09. The third-order valence-corrected chi connectivity index (χ3v) is 4.66. The lowest BCUT2D eigenvalue weighted by atomic mass is 10.0. The molecule has 2 aromatic rings. The molecule has 0 radical (unpaired) electrons. The molecule has 0 amide bonds. The largest absolute Gasteiger partial charge is 0.354 e. The highest BCUT2D eigenvalue weighted by Crippen LogP contribution is 2.21. The molecule has 1 aliphatic rings. The molecular formula is C19H26N4. The molecule has 4 nitrogen and oxygen atoms in total. The van der Waals surface area contributed by atoms with Crippen LogP contribution in [-0.2, 0) is 0 Å². The number of piperazine rings is 1. The van der Waals surface area contributed by atoms with Gasteiger partial charge in [-0.25, -0.2) is 4.98 Å². The Morgan fingerprint density at radius 3 is 2.17 bits per heavy atom. The van der Waals surface area contributed by atoms with Crippen molar-refractivity contribution in [3.05, 3.63) is 59.8 Å². The third-order valence-electron chi connectivity index (χ3n) is 4.66. The number of hydrogen-bond donors (Lipinski definition) is 1. The SMILES string of the molecule is CC(C)N1CCN(c2ccc([C@H](N)c3ccccc3)cn2)CC1. The minimum atomic E-state index is -0.115. The molecule has 1 fully saturated rings. The van der Waals surface area contributed by atoms with Crippen LogP contribution in [0.5, 0.6) is 0 Å². The standard InChI is InChI=1S/C19H26N4/c1-15(2)22-10-12-23(13-11-22)18-9-8-17(14-21-18)19(20)16-6-4-3-5-7-16/h3-9,14-15,19H,10-13,20H2,1-2H3/t19-/m1/s1. The molecule has 0 unspecified atom stereocenters. The average molecular weight is 310 g/mol. The fourth-order valence-corrected chi connectivity index (χ4v) is 3.09. The lowest BCUT2D eigenvalue weighted by Crippen LogP contribution is -2.49. The van der Waals surface area contributed by atoms with E-state index in [4.69, 9.17) is 5.73 Å². The lowest BCUT2D eigenvalue weighted by molar-refractivity contribution is 0.209. The Hall–Kier alpha value is -1.91. The van der Waals surface area contributed by atoms with E-state index in [9.17, 15) is 0 Å². The molecular weight excluding hydrogens is 284 g/mol. The number of nitrogens with zero attached hydrogens (tertiary/aromatic N) is 3. The zero-order valence-electron chi connectivity index (χ0n) is 14.0. The maximum atomic E-state index is 6.34. The summed E-state index contributed by atoms with van der Waals surface area (Å²) in [5.41, 5.74) is 8.51. The maximum Gasteiger partial charge on any atom is 0.128 e. The highest BCUT2D eigenvalue weighted by atomic mass is 15.3. The van der Waals surface area contributed by atoms with E-state index in [1.165, 1.54) is 0 Å². The first-order valence-electron chi connectivity index (χ1n) is 8.40. The van der Waals surface area contributed by atoms with E-state index in [0.717, 1.165) is 43.1 Å². The summed E-state index contributed by atoms with van der Waals surface area (Å²) in [6.07, 6.45) is 1.92. The molecule has 0 spiro atoms. The molecule has 3 rings (SSSR count). The minimum Gasteiger partial charge on any atom is -0.354 e. The lowest BCUT2D eigenvalue weighted by Gasteiger charge is -2.37. The molecule has 1 aliphatic heterocycles. The molecule has 122 valence electrons. The van der Waals surface area contributed by atoms with Gasteiger partial charge in [-0.05, 0) is 31.0 Å². The summed E-state index contributed by atoms with van der Waals surface area (Å²) in [4.78, 5) is 9.51. The van der Waals surface area contributed by atoms with Crippen LogP contribution in [0.2, 0.25) is 0 Å². The van der Waals surface area contributed by atoms with Crippen molar-refractivity contribution in [2.24, 2.45) is 5.73 Å². The van der Waals surface area contributed by atoms with Crippen LogP contribution in [0.25, 0.3) is 0 Å². The van der Waals surface area contributed by atoms with Gasteiger partial charge in [0.2, 0.25) is 0 Å². The van der Waals surface area contributed by atoms with Gasteiger partial charge < -0.3 is 10.6 Å². The van der Waals surface area contributed by atoms with Crippen molar-refractivity contribution >= 4 is 5.82 Å². The molecule has 1 aromatic carbocycles. The van der Waals surface area contributed by atoms with Gasteiger partial charge in [0.05, 0.1) is 6.04 Å². The zero-order chi connectivity index (χ0) is 16.2. The maximum absolute atomic E-state index is 6.34. The number of nitrogens with two attached hydrogens (primary N) is 1. The van der Waals surface area contributed by atoms with Crippen molar-refractivity contribution in [2.45, 2.75) is 25.9 Å². The second-order valence-corrected chi connectivity index (χ2v) is 6.45. The monoisotopic (exact) mass is 310 g/mol. The first-order chi connectivity index (χ1) is 11.1. The van der Waals surface area contributed by atoms with Crippen molar-refractivity contribution in [2.75, 3.05) is 31.1 Å². The Morgan fingerprint density at radius 1 is 0.913 bits per heavy atom. The van der Waals surface area contributed by atoms with Crippen LogP contribution in [0.1, 0.15) is 31.0 Å².